The SMILES string of the molecule is CCCC[SiH](CCC)c1ccc(F)cc1. The fourth-order valence-electron chi connectivity index (χ4n) is 2.01. The summed E-state index contributed by atoms with van der Waals surface area (Å²) in [5.74, 6) is -0.113. The zero-order valence-electron chi connectivity index (χ0n) is 9.80. The van der Waals surface area contributed by atoms with Crippen molar-refractivity contribution in [3.8, 4) is 0 Å². The maximum absolute atomic E-state index is 12.8. The molecule has 1 aromatic carbocycles. The van der Waals surface area contributed by atoms with Crippen LogP contribution in [0.5, 0.6) is 0 Å². The van der Waals surface area contributed by atoms with Crippen molar-refractivity contribution in [2.24, 2.45) is 0 Å². The van der Waals surface area contributed by atoms with E-state index in [1.807, 2.05) is 12.1 Å². The van der Waals surface area contributed by atoms with E-state index >= 15 is 0 Å². The second-order valence-corrected chi connectivity index (χ2v) is 7.39. The van der Waals surface area contributed by atoms with Crippen LogP contribution in [-0.2, 0) is 0 Å². The molecular formula is C13H21FSi. The number of unbranched alkanes of at least 4 members (excludes halogenated alkanes) is 1. The van der Waals surface area contributed by atoms with Crippen LogP contribution in [0.25, 0.3) is 0 Å². The number of hydrogen-bond donors (Lipinski definition) is 0. The van der Waals surface area contributed by atoms with Crippen molar-refractivity contribution in [3.63, 3.8) is 0 Å². The molecule has 0 fully saturated rings. The lowest BCUT2D eigenvalue weighted by molar-refractivity contribution is 0.628. The average Bonchev–Trinajstić information content (AvgIpc) is 2.25. The molecule has 1 rings (SSSR count). The van der Waals surface area contributed by atoms with Gasteiger partial charge in [-0.15, -0.1) is 0 Å². The predicted molar refractivity (Wildman–Crippen MR) is 68.0 cm³/mol. The fraction of sp³-hybridized carbons (Fsp3) is 0.538. The van der Waals surface area contributed by atoms with Crippen molar-refractivity contribution in [2.45, 2.75) is 45.2 Å². The van der Waals surface area contributed by atoms with Crippen molar-refractivity contribution >= 4 is 14.0 Å². The monoisotopic (exact) mass is 224 g/mol. The van der Waals surface area contributed by atoms with Crippen LogP contribution in [-0.4, -0.2) is 8.80 Å². The molecule has 0 bridgehead atoms. The first-order chi connectivity index (χ1) is 7.27. The molecule has 0 aliphatic heterocycles. The van der Waals surface area contributed by atoms with E-state index in [4.69, 9.17) is 0 Å². The quantitative estimate of drug-likeness (QED) is 0.649. The Morgan fingerprint density at radius 2 is 1.67 bits per heavy atom. The second kappa shape index (κ2) is 6.78. The summed E-state index contributed by atoms with van der Waals surface area (Å²) >= 11 is 0. The van der Waals surface area contributed by atoms with Crippen LogP contribution < -0.4 is 5.19 Å². The number of halogens is 1. The van der Waals surface area contributed by atoms with Crippen LogP contribution in [0.3, 0.4) is 0 Å². The topological polar surface area (TPSA) is 0 Å². The summed E-state index contributed by atoms with van der Waals surface area (Å²) in [6, 6.07) is 9.94. The molecule has 0 radical (unpaired) electrons. The Hall–Kier alpha value is -0.633. The molecule has 0 aliphatic carbocycles. The highest BCUT2D eigenvalue weighted by molar-refractivity contribution is 6.73. The molecule has 15 heavy (non-hydrogen) atoms. The lowest BCUT2D eigenvalue weighted by Crippen LogP contribution is -2.29. The van der Waals surface area contributed by atoms with Crippen LogP contribution in [0, 0.1) is 5.82 Å². The summed E-state index contributed by atoms with van der Waals surface area (Å²) in [6.45, 7) is 4.48. The summed E-state index contributed by atoms with van der Waals surface area (Å²) in [5, 5.41) is 1.44. The molecule has 0 aromatic heterocycles. The van der Waals surface area contributed by atoms with Gasteiger partial charge in [0.1, 0.15) is 5.82 Å². The van der Waals surface area contributed by atoms with Crippen LogP contribution >= 0.6 is 0 Å². The maximum Gasteiger partial charge on any atom is 0.123 e. The van der Waals surface area contributed by atoms with Crippen LogP contribution in [0.1, 0.15) is 33.1 Å². The Bertz CT molecular complexity index is 268. The summed E-state index contributed by atoms with van der Waals surface area (Å²) < 4.78 is 12.8. The van der Waals surface area contributed by atoms with Gasteiger partial charge in [0.05, 0.1) is 8.80 Å². The lowest BCUT2D eigenvalue weighted by Gasteiger charge is -2.14. The smallest absolute Gasteiger partial charge is 0.123 e. The molecule has 0 heterocycles. The molecule has 0 saturated carbocycles. The van der Waals surface area contributed by atoms with Crippen LogP contribution in [0.4, 0.5) is 4.39 Å². The van der Waals surface area contributed by atoms with Gasteiger partial charge in [0.15, 0.2) is 0 Å². The van der Waals surface area contributed by atoms with Crippen molar-refractivity contribution in [2.75, 3.05) is 0 Å². The second-order valence-electron chi connectivity index (χ2n) is 4.18. The van der Waals surface area contributed by atoms with Gasteiger partial charge in [-0.2, -0.15) is 0 Å². The van der Waals surface area contributed by atoms with Gasteiger partial charge >= 0.3 is 0 Å². The predicted octanol–water partition coefficient (Wildman–Crippen LogP) is 3.47. The minimum Gasteiger partial charge on any atom is -0.207 e. The molecule has 1 aromatic rings. The zero-order valence-corrected chi connectivity index (χ0v) is 11.0. The molecule has 0 saturated heterocycles. The van der Waals surface area contributed by atoms with Gasteiger partial charge in [-0.25, -0.2) is 4.39 Å². The first-order valence-corrected chi connectivity index (χ1v) is 8.24. The molecule has 0 spiro atoms. The number of benzene rings is 1. The third kappa shape index (κ3) is 4.16. The first kappa shape index (κ1) is 12.4. The Kier molecular flexibility index (Phi) is 5.62. The van der Waals surface area contributed by atoms with E-state index in [0.717, 1.165) is 0 Å². The van der Waals surface area contributed by atoms with E-state index in [-0.39, 0.29) is 5.82 Å². The molecule has 0 N–H and O–H groups in total. The third-order valence-electron chi connectivity index (χ3n) is 2.88. The molecule has 1 unspecified atom stereocenters. The minimum absolute atomic E-state index is 0.113. The summed E-state index contributed by atoms with van der Waals surface area (Å²) in [5.41, 5.74) is 0. The summed E-state index contributed by atoms with van der Waals surface area (Å²) in [7, 11) is -0.797. The Balaban J connectivity index is 2.65. The van der Waals surface area contributed by atoms with Crippen molar-refractivity contribution in [1.82, 2.24) is 0 Å². The van der Waals surface area contributed by atoms with E-state index in [9.17, 15) is 4.39 Å². The molecular weight excluding hydrogens is 203 g/mol. The highest BCUT2D eigenvalue weighted by Gasteiger charge is 2.11. The number of rotatable bonds is 6. The van der Waals surface area contributed by atoms with Crippen LogP contribution in [0.2, 0.25) is 12.1 Å². The van der Waals surface area contributed by atoms with Crippen LogP contribution in [0.15, 0.2) is 24.3 Å². The largest absolute Gasteiger partial charge is 0.207 e. The molecule has 0 aliphatic rings. The fourth-order valence-corrected chi connectivity index (χ4v) is 5.30. The van der Waals surface area contributed by atoms with E-state index in [2.05, 4.69) is 13.8 Å². The Morgan fingerprint density at radius 1 is 1.00 bits per heavy atom. The highest BCUT2D eigenvalue weighted by Crippen LogP contribution is 2.09. The molecule has 0 nitrogen and oxygen atoms in total. The van der Waals surface area contributed by atoms with Crippen molar-refractivity contribution in [1.29, 1.82) is 0 Å². The third-order valence-corrected chi connectivity index (χ3v) is 6.59. The molecule has 0 amide bonds. The highest BCUT2D eigenvalue weighted by atomic mass is 28.3. The molecule has 2 heteroatoms. The summed E-state index contributed by atoms with van der Waals surface area (Å²) in [4.78, 5) is 0. The first-order valence-electron chi connectivity index (χ1n) is 6.03. The van der Waals surface area contributed by atoms with Gasteiger partial charge in [-0.1, -0.05) is 62.5 Å². The lowest BCUT2D eigenvalue weighted by atomic mass is 10.3. The van der Waals surface area contributed by atoms with Gasteiger partial charge < -0.3 is 0 Å². The standard InChI is InChI=1S/C13H21FSi/c1-3-5-11-15(10-4-2)13-8-6-12(14)7-9-13/h6-9,15H,3-5,10-11H2,1-2H3. The zero-order chi connectivity index (χ0) is 11.1. The molecule has 84 valence electrons. The van der Waals surface area contributed by atoms with Gasteiger partial charge in [0.25, 0.3) is 0 Å². The Labute approximate surface area is 94.1 Å². The summed E-state index contributed by atoms with van der Waals surface area (Å²) in [6.07, 6.45) is 3.86. The van der Waals surface area contributed by atoms with Crippen molar-refractivity contribution < 1.29 is 4.39 Å². The van der Waals surface area contributed by atoms with E-state index in [1.165, 1.54) is 36.5 Å². The van der Waals surface area contributed by atoms with Gasteiger partial charge in [0, 0.05) is 0 Å². The molecule has 1 atom stereocenters. The maximum atomic E-state index is 12.8. The van der Waals surface area contributed by atoms with Gasteiger partial charge in [-0.05, 0) is 12.1 Å². The normalized spacial score (nSPS) is 12.7. The van der Waals surface area contributed by atoms with Crippen molar-refractivity contribution in [3.05, 3.63) is 30.1 Å². The average molecular weight is 224 g/mol. The van der Waals surface area contributed by atoms with E-state index < -0.39 is 8.80 Å². The van der Waals surface area contributed by atoms with Gasteiger partial charge in [-0.3, -0.25) is 0 Å². The van der Waals surface area contributed by atoms with E-state index in [0.29, 0.717) is 0 Å². The minimum atomic E-state index is -0.797. The number of hydrogen-bond acceptors (Lipinski definition) is 0. The Morgan fingerprint density at radius 3 is 2.20 bits per heavy atom. The van der Waals surface area contributed by atoms with Gasteiger partial charge in [0.2, 0.25) is 0 Å². The van der Waals surface area contributed by atoms with E-state index in [1.54, 1.807) is 12.1 Å².